The molecule has 0 saturated carbocycles. The molecule has 2 heterocycles. The van der Waals surface area contributed by atoms with Crippen molar-refractivity contribution in [2.45, 2.75) is 13.3 Å². The van der Waals surface area contributed by atoms with Gasteiger partial charge in [0.25, 0.3) is 5.91 Å². The zero-order valence-corrected chi connectivity index (χ0v) is 18.3. The van der Waals surface area contributed by atoms with E-state index in [1.807, 2.05) is 29.6 Å². The Bertz CT molecular complexity index is 1150. The van der Waals surface area contributed by atoms with Crippen LogP contribution in [0, 0.1) is 6.92 Å². The lowest BCUT2D eigenvalue weighted by atomic mass is 10.2. The lowest BCUT2D eigenvalue weighted by Gasteiger charge is -2.04. The fraction of sp³-hybridized carbons (Fsp3) is 0.174. The van der Waals surface area contributed by atoms with E-state index in [4.69, 9.17) is 4.74 Å². The summed E-state index contributed by atoms with van der Waals surface area (Å²) in [5, 5.41) is 8.52. The van der Waals surface area contributed by atoms with E-state index in [2.05, 4.69) is 46.5 Å². The summed E-state index contributed by atoms with van der Waals surface area (Å²) in [4.78, 5) is 21.6. The van der Waals surface area contributed by atoms with Crippen molar-refractivity contribution < 1.29 is 9.53 Å². The fourth-order valence-corrected chi connectivity index (χ4v) is 4.66. The number of thiazole rings is 2. The quantitative estimate of drug-likeness (QED) is 0.432. The van der Waals surface area contributed by atoms with E-state index in [-0.39, 0.29) is 5.91 Å². The van der Waals surface area contributed by atoms with E-state index in [9.17, 15) is 4.79 Å². The normalized spacial score (nSPS) is 10.7. The third-order valence-electron chi connectivity index (χ3n) is 4.59. The van der Waals surface area contributed by atoms with Gasteiger partial charge in [-0.3, -0.25) is 4.79 Å². The molecule has 0 unspecified atom stereocenters. The second-order valence-corrected chi connectivity index (χ2v) is 8.47. The van der Waals surface area contributed by atoms with Crippen LogP contribution in [0.2, 0.25) is 0 Å². The minimum atomic E-state index is -0.179. The van der Waals surface area contributed by atoms with Crippen LogP contribution >= 0.6 is 22.7 Å². The molecule has 0 radical (unpaired) electrons. The maximum absolute atomic E-state index is 12.5. The summed E-state index contributed by atoms with van der Waals surface area (Å²) in [6.07, 6.45) is 0.678. The monoisotopic (exact) mass is 435 g/mol. The van der Waals surface area contributed by atoms with Gasteiger partial charge in [-0.1, -0.05) is 42.0 Å². The van der Waals surface area contributed by atoms with Crippen molar-refractivity contribution >= 4 is 28.6 Å². The van der Waals surface area contributed by atoms with E-state index < -0.39 is 0 Å². The molecule has 1 amide bonds. The molecule has 0 atom stereocenters. The molecule has 0 aliphatic heterocycles. The first kappa shape index (κ1) is 20.3. The summed E-state index contributed by atoms with van der Waals surface area (Å²) in [6, 6.07) is 16.0. The van der Waals surface area contributed by atoms with E-state index in [1.165, 1.54) is 16.9 Å². The Balaban J connectivity index is 1.35. The van der Waals surface area contributed by atoms with E-state index in [0.717, 1.165) is 32.6 Å². The summed E-state index contributed by atoms with van der Waals surface area (Å²) in [5.74, 6) is 0.563. The Morgan fingerprint density at radius 3 is 2.57 bits per heavy atom. The summed E-state index contributed by atoms with van der Waals surface area (Å²) in [7, 11) is 1.63. The highest BCUT2D eigenvalue weighted by Crippen LogP contribution is 2.31. The van der Waals surface area contributed by atoms with Crippen molar-refractivity contribution in [1.82, 2.24) is 15.3 Å². The predicted molar refractivity (Wildman–Crippen MR) is 122 cm³/mol. The number of hydrogen-bond acceptors (Lipinski definition) is 6. The van der Waals surface area contributed by atoms with Crippen molar-refractivity contribution in [3.63, 3.8) is 0 Å². The molecule has 2 aromatic heterocycles. The molecule has 2 aromatic carbocycles. The van der Waals surface area contributed by atoms with Gasteiger partial charge in [0.15, 0.2) is 0 Å². The summed E-state index contributed by atoms with van der Waals surface area (Å²) in [5.41, 5.74) is 4.62. The standard InChI is InChI=1S/C23H21N3O2S2/c1-15-7-9-16(10-8-15)22-25-17(13-29-22)11-12-24-21(27)19-14-30-23(26-19)18-5-3-4-6-20(18)28-2/h3-10,13-14H,11-12H2,1-2H3,(H,24,27). The number of nitrogens with zero attached hydrogens (tertiary/aromatic N) is 2. The van der Waals surface area contributed by atoms with Gasteiger partial charge in [0.05, 0.1) is 18.4 Å². The number of benzene rings is 2. The zero-order valence-electron chi connectivity index (χ0n) is 16.7. The molecule has 0 saturated heterocycles. The molecule has 5 nitrogen and oxygen atoms in total. The van der Waals surface area contributed by atoms with Crippen molar-refractivity contribution in [1.29, 1.82) is 0 Å². The van der Waals surface area contributed by atoms with Gasteiger partial charge in [-0.15, -0.1) is 22.7 Å². The van der Waals surface area contributed by atoms with E-state index in [0.29, 0.717) is 18.7 Å². The second kappa shape index (κ2) is 9.19. The van der Waals surface area contributed by atoms with Crippen LogP contribution in [0.4, 0.5) is 0 Å². The first-order valence-corrected chi connectivity index (χ1v) is 11.3. The first-order chi connectivity index (χ1) is 14.6. The highest BCUT2D eigenvalue weighted by Gasteiger charge is 2.14. The van der Waals surface area contributed by atoms with Crippen LogP contribution < -0.4 is 10.1 Å². The third kappa shape index (κ3) is 4.58. The third-order valence-corrected chi connectivity index (χ3v) is 6.41. The number of carbonyl (C=O) groups excluding carboxylic acids is 1. The molecular formula is C23H21N3O2S2. The fourth-order valence-electron chi connectivity index (χ4n) is 2.97. The van der Waals surface area contributed by atoms with Crippen molar-refractivity contribution in [2.24, 2.45) is 0 Å². The van der Waals surface area contributed by atoms with Gasteiger partial charge >= 0.3 is 0 Å². The molecule has 0 aliphatic rings. The maximum atomic E-state index is 12.5. The smallest absolute Gasteiger partial charge is 0.270 e. The Morgan fingerprint density at radius 1 is 1.00 bits per heavy atom. The average molecular weight is 436 g/mol. The van der Waals surface area contributed by atoms with Gasteiger partial charge in [-0.25, -0.2) is 9.97 Å². The molecule has 7 heteroatoms. The number of nitrogens with one attached hydrogen (secondary N) is 1. The minimum absolute atomic E-state index is 0.179. The molecule has 0 spiro atoms. The number of ether oxygens (including phenoxy) is 1. The van der Waals surface area contributed by atoms with Gasteiger partial charge in [0.1, 0.15) is 21.5 Å². The van der Waals surface area contributed by atoms with Crippen LogP contribution in [0.15, 0.2) is 59.3 Å². The van der Waals surface area contributed by atoms with E-state index >= 15 is 0 Å². The van der Waals surface area contributed by atoms with E-state index in [1.54, 1.807) is 23.8 Å². The number of aromatic nitrogens is 2. The topological polar surface area (TPSA) is 64.1 Å². The van der Waals surface area contributed by atoms with Crippen molar-refractivity contribution in [3.8, 4) is 26.9 Å². The summed E-state index contributed by atoms with van der Waals surface area (Å²) < 4.78 is 5.38. The molecule has 1 N–H and O–H groups in total. The number of amides is 1. The highest BCUT2D eigenvalue weighted by molar-refractivity contribution is 7.13. The largest absolute Gasteiger partial charge is 0.496 e. The number of carbonyl (C=O) groups is 1. The van der Waals surface area contributed by atoms with Crippen LogP contribution in [0.25, 0.3) is 21.1 Å². The van der Waals surface area contributed by atoms with Gasteiger partial charge in [-0.05, 0) is 19.1 Å². The van der Waals surface area contributed by atoms with Gasteiger partial charge < -0.3 is 10.1 Å². The Hall–Kier alpha value is -3.03. The molecule has 0 aliphatic carbocycles. The molecular weight excluding hydrogens is 414 g/mol. The number of aryl methyl sites for hydroxylation is 1. The molecule has 0 fully saturated rings. The average Bonchev–Trinajstić information content (AvgIpc) is 3.44. The number of hydrogen-bond donors (Lipinski definition) is 1. The van der Waals surface area contributed by atoms with Crippen LogP contribution in [-0.4, -0.2) is 29.5 Å². The predicted octanol–water partition coefficient (Wildman–Crippen LogP) is 5.22. The van der Waals surface area contributed by atoms with Crippen LogP contribution in [-0.2, 0) is 6.42 Å². The molecule has 30 heavy (non-hydrogen) atoms. The number of methoxy groups -OCH3 is 1. The number of para-hydroxylation sites is 1. The van der Waals surface area contributed by atoms with Gasteiger partial charge in [-0.2, -0.15) is 0 Å². The van der Waals surface area contributed by atoms with Crippen LogP contribution in [0.3, 0.4) is 0 Å². The lowest BCUT2D eigenvalue weighted by Crippen LogP contribution is -2.26. The van der Waals surface area contributed by atoms with Crippen molar-refractivity contribution in [2.75, 3.05) is 13.7 Å². The SMILES string of the molecule is COc1ccccc1-c1nc(C(=O)NCCc2csc(-c3ccc(C)cc3)n2)cs1. The Kier molecular flexibility index (Phi) is 6.21. The van der Waals surface area contributed by atoms with Gasteiger partial charge in [0, 0.05) is 29.3 Å². The summed E-state index contributed by atoms with van der Waals surface area (Å²) >= 11 is 3.05. The minimum Gasteiger partial charge on any atom is -0.496 e. The second-order valence-electron chi connectivity index (χ2n) is 6.75. The summed E-state index contributed by atoms with van der Waals surface area (Å²) in [6.45, 7) is 2.58. The maximum Gasteiger partial charge on any atom is 0.270 e. The Labute approximate surface area is 183 Å². The van der Waals surface area contributed by atoms with Crippen LogP contribution in [0.5, 0.6) is 5.75 Å². The molecule has 4 aromatic rings. The molecule has 0 bridgehead atoms. The van der Waals surface area contributed by atoms with Crippen LogP contribution in [0.1, 0.15) is 21.7 Å². The lowest BCUT2D eigenvalue weighted by molar-refractivity contribution is 0.0950. The molecule has 152 valence electrons. The Morgan fingerprint density at radius 2 is 1.77 bits per heavy atom. The zero-order chi connectivity index (χ0) is 20.9. The van der Waals surface area contributed by atoms with Crippen molar-refractivity contribution in [3.05, 3.63) is 76.2 Å². The number of rotatable bonds is 7. The highest BCUT2D eigenvalue weighted by atomic mass is 32.1. The first-order valence-electron chi connectivity index (χ1n) is 9.52. The van der Waals surface area contributed by atoms with Gasteiger partial charge in [0.2, 0.25) is 0 Å². The molecule has 4 rings (SSSR count).